The van der Waals surface area contributed by atoms with Crippen molar-refractivity contribution in [1.82, 2.24) is 50.4 Å². The Bertz CT molecular complexity index is 2110. The number of anilines is 1. The number of thiazole rings is 2. The third kappa shape index (κ3) is 8.12. The number of amides is 1. The fourth-order valence-electron chi connectivity index (χ4n) is 3.30. The Morgan fingerprint density at radius 1 is 0.739 bits per heavy atom. The third-order valence-electron chi connectivity index (χ3n) is 5.23. The highest BCUT2D eigenvalue weighted by Crippen LogP contribution is 2.35. The lowest BCUT2D eigenvalue weighted by Crippen LogP contribution is -2.10. The van der Waals surface area contributed by atoms with Gasteiger partial charge in [-0.3, -0.25) is 4.79 Å². The molecule has 2 N–H and O–H groups in total. The summed E-state index contributed by atoms with van der Waals surface area (Å²) in [6.07, 6.45) is 2.95. The van der Waals surface area contributed by atoms with Gasteiger partial charge in [-0.05, 0) is 113 Å². The highest BCUT2D eigenvalue weighted by atomic mass is 79.9. The van der Waals surface area contributed by atoms with Crippen molar-refractivity contribution < 1.29 is 14.7 Å². The molecule has 6 aromatic heterocycles. The van der Waals surface area contributed by atoms with Crippen LogP contribution in [0.25, 0.3) is 10.0 Å². The maximum Gasteiger partial charge on any atom is 0.347 e. The van der Waals surface area contributed by atoms with Gasteiger partial charge in [-0.25, -0.2) is 14.8 Å². The van der Waals surface area contributed by atoms with Gasteiger partial charge in [-0.2, -0.15) is 9.36 Å². The molecular formula is C24H13Br2N11O3S6. The normalized spacial score (nSPS) is 10.8. The van der Waals surface area contributed by atoms with Gasteiger partial charge in [0.2, 0.25) is 10.3 Å². The van der Waals surface area contributed by atoms with Crippen LogP contribution in [-0.2, 0) is 0 Å². The maximum atomic E-state index is 12.2. The Morgan fingerprint density at radius 3 is 1.83 bits per heavy atom. The largest absolute Gasteiger partial charge is 0.477 e. The first kappa shape index (κ1) is 32.6. The molecule has 6 heterocycles. The molecule has 7 aromatic rings. The quantitative estimate of drug-likeness (QED) is 0.150. The number of nitrogens with one attached hydrogen (secondary N) is 1. The van der Waals surface area contributed by atoms with E-state index in [1.54, 1.807) is 27.7 Å². The van der Waals surface area contributed by atoms with E-state index in [1.807, 2.05) is 42.5 Å². The number of tetrazole rings is 2. The SMILES string of the molecule is O=C(Nc1cnc(Sc2nnnn2-c2ccc(Br)s2)s1)c1ccccc1.O=C(O)c1cnc(Sc2nnnn2-c2ccc(Br)s2)s1. The monoisotopic (exact) mass is 853 g/mol. The van der Waals surface area contributed by atoms with E-state index in [2.05, 4.69) is 78.2 Å². The standard InChI is InChI=1S/C15H9BrN6OS3.C9H4BrN5O2S3/c16-10-6-7-12(24-10)22-14(19-20-21-22)26-15-17-8-11(25-15)18-13(23)9-4-2-1-3-5-9;10-5-1-2-6(19-5)15-8(12-13-14-15)20-9-11-3-4(18-9)7(16)17/h1-8H,(H,18,23);1-3H,(H,16,17). The number of carboxylic acids is 1. The Labute approximate surface area is 299 Å². The number of aromatic nitrogens is 10. The molecule has 0 saturated carbocycles. The number of hydrogen-bond acceptors (Lipinski definition) is 16. The summed E-state index contributed by atoms with van der Waals surface area (Å²) in [4.78, 5) is 31.6. The minimum atomic E-state index is -0.990. The average Bonchev–Trinajstić information content (AvgIpc) is 3.88. The molecule has 0 saturated heterocycles. The predicted octanol–water partition coefficient (Wildman–Crippen LogP) is 7.14. The van der Waals surface area contributed by atoms with E-state index >= 15 is 0 Å². The molecule has 1 aromatic carbocycles. The number of rotatable bonds is 9. The fraction of sp³-hybridized carbons (Fsp3) is 0. The summed E-state index contributed by atoms with van der Waals surface area (Å²) >= 11 is 14.9. The van der Waals surface area contributed by atoms with E-state index in [9.17, 15) is 9.59 Å². The summed E-state index contributed by atoms with van der Waals surface area (Å²) in [5.41, 5.74) is 0.599. The van der Waals surface area contributed by atoms with Gasteiger partial charge < -0.3 is 10.4 Å². The van der Waals surface area contributed by atoms with Gasteiger partial charge >= 0.3 is 5.97 Å². The number of carboxylic acid groups (broad SMARTS) is 1. The molecule has 1 amide bonds. The number of hydrogen-bond donors (Lipinski definition) is 2. The van der Waals surface area contributed by atoms with Gasteiger partial charge in [0.1, 0.15) is 19.9 Å². The lowest BCUT2D eigenvalue weighted by Gasteiger charge is -2.01. The van der Waals surface area contributed by atoms with Gasteiger partial charge in [0, 0.05) is 5.56 Å². The molecule has 0 unspecified atom stereocenters. The molecule has 0 bridgehead atoms. The smallest absolute Gasteiger partial charge is 0.347 e. The van der Waals surface area contributed by atoms with Crippen LogP contribution < -0.4 is 5.32 Å². The number of thiophene rings is 2. The van der Waals surface area contributed by atoms with Crippen LogP contribution in [0.15, 0.2) is 93.6 Å². The second-order valence-electron chi connectivity index (χ2n) is 8.21. The molecular weight excluding hydrogens is 843 g/mol. The second-order valence-corrected chi connectivity index (χ2v) is 17.6. The zero-order valence-electron chi connectivity index (χ0n) is 22.3. The number of carbonyl (C=O) groups excluding carboxylic acids is 1. The second kappa shape index (κ2) is 15.0. The Kier molecular flexibility index (Phi) is 10.6. The number of carbonyl (C=O) groups is 2. The van der Waals surface area contributed by atoms with E-state index in [1.165, 1.54) is 63.7 Å². The molecule has 14 nitrogen and oxygen atoms in total. The molecule has 0 aliphatic rings. The molecule has 46 heavy (non-hydrogen) atoms. The Morgan fingerprint density at radius 2 is 1.30 bits per heavy atom. The van der Waals surface area contributed by atoms with Gasteiger partial charge in [-0.1, -0.05) is 29.5 Å². The zero-order chi connectivity index (χ0) is 32.0. The topological polar surface area (TPSA) is 179 Å². The fourth-order valence-corrected chi connectivity index (χ4v) is 9.50. The molecule has 0 fully saturated rings. The van der Waals surface area contributed by atoms with Gasteiger partial charge in [0.15, 0.2) is 8.68 Å². The highest BCUT2D eigenvalue weighted by molar-refractivity contribution is 9.11. The zero-order valence-corrected chi connectivity index (χ0v) is 30.4. The van der Waals surface area contributed by atoms with Crippen LogP contribution in [0.3, 0.4) is 0 Å². The first-order chi connectivity index (χ1) is 22.3. The number of aromatic carboxylic acids is 1. The molecule has 0 atom stereocenters. The molecule has 232 valence electrons. The Hall–Kier alpha value is -3.38. The molecule has 22 heteroatoms. The van der Waals surface area contributed by atoms with Crippen LogP contribution in [0.1, 0.15) is 20.0 Å². The Balaban J connectivity index is 0.000000167. The first-order valence-electron chi connectivity index (χ1n) is 12.3. The molecule has 0 spiro atoms. The minimum Gasteiger partial charge on any atom is -0.477 e. The summed E-state index contributed by atoms with van der Waals surface area (Å²) in [6.45, 7) is 0. The number of halogens is 2. The maximum absolute atomic E-state index is 12.2. The van der Waals surface area contributed by atoms with Crippen molar-refractivity contribution >= 4 is 118 Å². The summed E-state index contributed by atoms with van der Waals surface area (Å²) in [5.74, 6) is -1.16. The van der Waals surface area contributed by atoms with Crippen LogP contribution >= 0.6 is 101 Å². The van der Waals surface area contributed by atoms with Gasteiger partial charge in [0.05, 0.1) is 20.0 Å². The number of nitrogens with zero attached hydrogens (tertiary/aromatic N) is 10. The van der Waals surface area contributed by atoms with Crippen molar-refractivity contribution in [3.8, 4) is 10.0 Å². The van der Waals surface area contributed by atoms with Crippen molar-refractivity contribution in [2.24, 2.45) is 0 Å². The summed E-state index contributed by atoms with van der Waals surface area (Å²) in [5, 5.41) is 38.6. The summed E-state index contributed by atoms with van der Waals surface area (Å²) in [6, 6.07) is 16.7. The van der Waals surface area contributed by atoms with Crippen LogP contribution in [0.4, 0.5) is 5.00 Å². The van der Waals surface area contributed by atoms with E-state index in [0.717, 1.165) is 33.3 Å². The predicted molar refractivity (Wildman–Crippen MR) is 183 cm³/mol. The molecule has 7 rings (SSSR count). The number of benzene rings is 1. The summed E-state index contributed by atoms with van der Waals surface area (Å²) in [7, 11) is 0. The van der Waals surface area contributed by atoms with Gasteiger partial charge in [-0.15, -0.1) is 44.2 Å². The lowest BCUT2D eigenvalue weighted by atomic mass is 10.2. The van der Waals surface area contributed by atoms with Crippen molar-refractivity contribution in [3.63, 3.8) is 0 Å². The van der Waals surface area contributed by atoms with Crippen molar-refractivity contribution in [2.45, 2.75) is 19.0 Å². The first-order valence-corrected chi connectivity index (χ1v) is 18.8. The molecule has 0 aliphatic carbocycles. The van der Waals surface area contributed by atoms with Gasteiger partial charge in [0.25, 0.3) is 5.91 Å². The van der Waals surface area contributed by atoms with Crippen LogP contribution in [0, 0.1) is 0 Å². The van der Waals surface area contributed by atoms with Crippen molar-refractivity contribution in [1.29, 1.82) is 0 Å². The summed E-state index contributed by atoms with van der Waals surface area (Å²) < 4.78 is 6.53. The van der Waals surface area contributed by atoms with Crippen LogP contribution in [0.5, 0.6) is 0 Å². The van der Waals surface area contributed by atoms with Crippen LogP contribution in [-0.4, -0.2) is 67.4 Å². The molecule has 0 aliphatic heterocycles. The molecule has 0 radical (unpaired) electrons. The van der Waals surface area contributed by atoms with Crippen LogP contribution in [0.2, 0.25) is 0 Å². The average molecular weight is 856 g/mol. The highest BCUT2D eigenvalue weighted by Gasteiger charge is 2.17. The van der Waals surface area contributed by atoms with Crippen molar-refractivity contribution in [3.05, 3.63) is 85.0 Å². The van der Waals surface area contributed by atoms with Crippen molar-refractivity contribution in [2.75, 3.05) is 5.32 Å². The third-order valence-corrected chi connectivity index (χ3v) is 12.3. The van der Waals surface area contributed by atoms with E-state index in [0.29, 0.717) is 25.2 Å². The lowest BCUT2D eigenvalue weighted by molar-refractivity contribution is 0.0701. The van der Waals surface area contributed by atoms with E-state index in [-0.39, 0.29) is 10.8 Å². The van der Waals surface area contributed by atoms with E-state index in [4.69, 9.17) is 5.11 Å². The van der Waals surface area contributed by atoms with E-state index < -0.39 is 5.97 Å². The minimum absolute atomic E-state index is 0.168.